The van der Waals surface area contributed by atoms with Gasteiger partial charge < -0.3 is 0 Å². The molecule has 0 saturated heterocycles. The van der Waals surface area contributed by atoms with Crippen LogP contribution < -0.4 is 0 Å². The summed E-state index contributed by atoms with van der Waals surface area (Å²) in [7, 11) is 0. The summed E-state index contributed by atoms with van der Waals surface area (Å²) in [5.74, 6) is 0. The summed E-state index contributed by atoms with van der Waals surface area (Å²) >= 11 is 0. The predicted octanol–water partition coefficient (Wildman–Crippen LogP) is 3.62. The summed E-state index contributed by atoms with van der Waals surface area (Å²) in [6.45, 7) is 4.30. The molecule has 1 aromatic heterocycles. The van der Waals surface area contributed by atoms with Gasteiger partial charge in [-0.05, 0) is 41.7 Å². The van der Waals surface area contributed by atoms with Crippen molar-refractivity contribution in [2.75, 3.05) is 0 Å². The molecule has 0 fully saturated rings. The predicted molar refractivity (Wildman–Crippen MR) is 63.8 cm³/mol. The first-order chi connectivity index (χ1) is 7.33. The van der Waals surface area contributed by atoms with E-state index in [0.29, 0.717) is 0 Å². The highest BCUT2D eigenvalue weighted by atomic mass is 14.6. The number of pyridine rings is 1. The van der Waals surface area contributed by atoms with Gasteiger partial charge in [-0.15, -0.1) is 0 Å². The Bertz CT molecular complexity index is 460. The summed E-state index contributed by atoms with van der Waals surface area (Å²) in [6.07, 6.45) is 4.84. The van der Waals surface area contributed by atoms with E-state index in [-0.39, 0.29) is 0 Å². The molecule has 0 unspecified atom stereocenters. The topological polar surface area (TPSA) is 12.9 Å². The molecule has 15 heavy (non-hydrogen) atoms. The number of rotatable bonds is 2. The molecule has 1 heterocycles. The van der Waals surface area contributed by atoms with Gasteiger partial charge in [0, 0.05) is 12.4 Å². The van der Waals surface area contributed by atoms with Crippen molar-refractivity contribution < 1.29 is 0 Å². The smallest absolute Gasteiger partial charge is 0.0303 e. The number of hydrogen-bond donors (Lipinski definition) is 0. The highest BCUT2D eigenvalue weighted by Gasteiger charge is 2.04. The average Bonchev–Trinajstić information content (AvgIpc) is 2.30. The Morgan fingerprint density at radius 3 is 2.60 bits per heavy atom. The Kier molecular flexibility index (Phi) is 2.82. The number of hydrogen-bond acceptors (Lipinski definition) is 1. The lowest BCUT2D eigenvalue weighted by Gasteiger charge is -2.09. The fourth-order valence-corrected chi connectivity index (χ4v) is 1.87. The van der Waals surface area contributed by atoms with Crippen LogP contribution >= 0.6 is 0 Å². The minimum Gasteiger partial charge on any atom is -0.264 e. The molecule has 2 rings (SSSR count). The molecular weight excluding hydrogens is 182 g/mol. The molecule has 0 saturated carbocycles. The van der Waals surface area contributed by atoms with E-state index >= 15 is 0 Å². The zero-order valence-electron chi connectivity index (χ0n) is 9.20. The van der Waals surface area contributed by atoms with Crippen molar-refractivity contribution in [3.05, 3.63) is 53.9 Å². The average molecular weight is 197 g/mol. The van der Waals surface area contributed by atoms with Crippen molar-refractivity contribution in [3.63, 3.8) is 0 Å². The molecule has 0 aliphatic carbocycles. The fraction of sp³-hybridized carbons (Fsp3) is 0.214. The summed E-state index contributed by atoms with van der Waals surface area (Å²) in [4.78, 5) is 4.13. The minimum atomic E-state index is 1.07. The molecule has 1 aromatic carbocycles. The SMILES string of the molecule is CCc1ccccc1-c1ccncc1C. The van der Waals surface area contributed by atoms with Gasteiger partial charge in [0.1, 0.15) is 0 Å². The van der Waals surface area contributed by atoms with Crippen LogP contribution in [0.1, 0.15) is 18.1 Å². The second-order valence-corrected chi connectivity index (χ2v) is 3.70. The lowest BCUT2D eigenvalue weighted by Crippen LogP contribution is -1.90. The van der Waals surface area contributed by atoms with E-state index in [2.05, 4.69) is 49.2 Å². The van der Waals surface area contributed by atoms with Crippen molar-refractivity contribution >= 4 is 0 Å². The number of nitrogens with zero attached hydrogens (tertiary/aromatic N) is 1. The molecule has 0 amide bonds. The van der Waals surface area contributed by atoms with Crippen molar-refractivity contribution in [1.29, 1.82) is 0 Å². The summed E-state index contributed by atoms with van der Waals surface area (Å²) in [6, 6.07) is 10.6. The molecule has 0 aliphatic rings. The van der Waals surface area contributed by atoms with Gasteiger partial charge in [0.15, 0.2) is 0 Å². The lowest BCUT2D eigenvalue weighted by atomic mass is 9.96. The third-order valence-electron chi connectivity index (χ3n) is 2.71. The van der Waals surface area contributed by atoms with Crippen LogP contribution in [0.3, 0.4) is 0 Å². The molecule has 0 spiro atoms. The maximum atomic E-state index is 4.13. The van der Waals surface area contributed by atoms with Crippen LogP contribution in [0.25, 0.3) is 11.1 Å². The summed E-state index contributed by atoms with van der Waals surface area (Å²) in [5, 5.41) is 0. The first kappa shape index (κ1) is 9.91. The van der Waals surface area contributed by atoms with Gasteiger partial charge in [-0.2, -0.15) is 0 Å². The molecule has 0 aliphatic heterocycles. The second kappa shape index (κ2) is 4.26. The Hall–Kier alpha value is -1.63. The third-order valence-corrected chi connectivity index (χ3v) is 2.71. The van der Waals surface area contributed by atoms with Gasteiger partial charge in [0.2, 0.25) is 0 Å². The zero-order chi connectivity index (χ0) is 10.7. The van der Waals surface area contributed by atoms with Crippen molar-refractivity contribution in [3.8, 4) is 11.1 Å². The highest BCUT2D eigenvalue weighted by Crippen LogP contribution is 2.26. The van der Waals surface area contributed by atoms with Crippen LogP contribution in [0.4, 0.5) is 0 Å². The van der Waals surface area contributed by atoms with E-state index in [4.69, 9.17) is 0 Å². The van der Waals surface area contributed by atoms with Gasteiger partial charge in [-0.3, -0.25) is 4.98 Å². The number of aromatic nitrogens is 1. The van der Waals surface area contributed by atoms with E-state index in [0.717, 1.165) is 6.42 Å². The number of aryl methyl sites for hydroxylation is 2. The van der Waals surface area contributed by atoms with Gasteiger partial charge in [-0.1, -0.05) is 31.2 Å². The molecule has 0 N–H and O–H groups in total. The van der Waals surface area contributed by atoms with Gasteiger partial charge in [-0.25, -0.2) is 0 Å². The summed E-state index contributed by atoms with van der Waals surface area (Å²) < 4.78 is 0. The quantitative estimate of drug-likeness (QED) is 0.716. The monoisotopic (exact) mass is 197 g/mol. The minimum absolute atomic E-state index is 1.07. The Morgan fingerprint density at radius 2 is 1.87 bits per heavy atom. The highest BCUT2D eigenvalue weighted by molar-refractivity contribution is 5.69. The molecule has 0 bridgehead atoms. The molecule has 2 aromatic rings. The third kappa shape index (κ3) is 1.91. The van der Waals surface area contributed by atoms with E-state index in [1.165, 1.54) is 22.3 Å². The standard InChI is InChI=1S/C14H15N/c1-3-12-6-4-5-7-14(12)13-8-9-15-10-11(13)2/h4-10H,3H2,1-2H3. The van der Waals surface area contributed by atoms with Crippen LogP contribution in [0.15, 0.2) is 42.7 Å². The van der Waals surface area contributed by atoms with Crippen molar-refractivity contribution in [2.24, 2.45) is 0 Å². The maximum absolute atomic E-state index is 4.13. The molecule has 0 atom stereocenters. The van der Waals surface area contributed by atoms with Crippen LogP contribution in [0.5, 0.6) is 0 Å². The first-order valence-electron chi connectivity index (χ1n) is 5.32. The number of benzene rings is 1. The van der Waals surface area contributed by atoms with Crippen LogP contribution in [-0.4, -0.2) is 4.98 Å². The Balaban J connectivity index is 2.59. The molecule has 76 valence electrons. The Morgan fingerprint density at radius 1 is 1.07 bits per heavy atom. The van der Waals surface area contributed by atoms with E-state index < -0.39 is 0 Å². The maximum Gasteiger partial charge on any atom is 0.0303 e. The molecule has 1 nitrogen and oxygen atoms in total. The first-order valence-corrected chi connectivity index (χ1v) is 5.32. The van der Waals surface area contributed by atoms with Gasteiger partial charge in [0.25, 0.3) is 0 Å². The summed E-state index contributed by atoms with van der Waals surface area (Å²) in [5.41, 5.74) is 5.26. The Labute approximate surface area is 90.8 Å². The van der Waals surface area contributed by atoms with Crippen LogP contribution in [0.2, 0.25) is 0 Å². The largest absolute Gasteiger partial charge is 0.264 e. The van der Waals surface area contributed by atoms with E-state index in [9.17, 15) is 0 Å². The molecule has 0 radical (unpaired) electrons. The van der Waals surface area contributed by atoms with Crippen molar-refractivity contribution in [2.45, 2.75) is 20.3 Å². The second-order valence-electron chi connectivity index (χ2n) is 3.70. The van der Waals surface area contributed by atoms with Gasteiger partial charge in [0.05, 0.1) is 0 Å². The zero-order valence-corrected chi connectivity index (χ0v) is 9.20. The van der Waals surface area contributed by atoms with Crippen molar-refractivity contribution in [1.82, 2.24) is 4.98 Å². The molecule has 1 heteroatoms. The lowest BCUT2D eigenvalue weighted by molar-refractivity contribution is 1.14. The molecular formula is C14H15N. The normalized spacial score (nSPS) is 10.3. The van der Waals surface area contributed by atoms with E-state index in [1.807, 2.05) is 12.4 Å². The van der Waals surface area contributed by atoms with E-state index in [1.54, 1.807) is 0 Å². The van der Waals surface area contributed by atoms with Crippen LogP contribution in [0, 0.1) is 6.92 Å². The van der Waals surface area contributed by atoms with Gasteiger partial charge >= 0.3 is 0 Å². The fourth-order valence-electron chi connectivity index (χ4n) is 1.87. The van der Waals surface area contributed by atoms with Crippen LogP contribution in [-0.2, 0) is 6.42 Å².